The van der Waals surface area contributed by atoms with Crippen molar-refractivity contribution >= 4 is 23.0 Å². The standard InChI is InChI=1S/C21H22FN3O4/c1-2-29-19-15(12-5-7-28-8-6-12)9-14(22)10-16(19)25-20-18(21(26)27)24-17(11-23-20)13-3-4-13/h5,9-11,13H,2-4,6-8H2,1H3,(H,23,25)(H,26,27). The van der Waals surface area contributed by atoms with E-state index in [0.717, 1.165) is 18.4 Å². The van der Waals surface area contributed by atoms with Gasteiger partial charge >= 0.3 is 5.97 Å². The smallest absolute Gasteiger partial charge is 0.358 e. The Bertz CT molecular complexity index is 973. The van der Waals surface area contributed by atoms with Gasteiger partial charge in [-0.25, -0.2) is 19.2 Å². The van der Waals surface area contributed by atoms with Gasteiger partial charge in [-0.3, -0.25) is 0 Å². The van der Waals surface area contributed by atoms with Gasteiger partial charge in [0.15, 0.2) is 11.5 Å². The van der Waals surface area contributed by atoms with Gasteiger partial charge in [0.2, 0.25) is 0 Å². The summed E-state index contributed by atoms with van der Waals surface area (Å²) in [6.07, 6.45) is 6.09. The minimum atomic E-state index is -1.19. The molecule has 0 unspecified atom stereocenters. The zero-order chi connectivity index (χ0) is 20.4. The molecule has 1 aromatic heterocycles. The molecular formula is C21H22FN3O4. The number of carbonyl (C=O) groups is 1. The maximum absolute atomic E-state index is 14.4. The Balaban J connectivity index is 1.76. The highest BCUT2D eigenvalue weighted by Gasteiger charge is 2.28. The molecule has 1 saturated carbocycles. The summed E-state index contributed by atoms with van der Waals surface area (Å²) in [5.41, 5.74) is 2.34. The van der Waals surface area contributed by atoms with Crippen LogP contribution < -0.4 is 10.1 Å². The van der Waals surface area contributed by atoms with Gasteiger partial charge in [0.05, 0.1) is 37.4 Å². The van der Waals surface area contributed by atoms with Gasteiger partial charge in [-0.15, -0.1) is 0 Å². The quantitative estimate of drug-likeness (QED) is 0.723. The van der Waals surface area contributed by atoms with E-state index >= 15 is 0 Å². The molecule has 29 heavy (non-hydrogen) atoms. The number of aromatic carboxylic acids is 1. The van der Waals surface area contributed by atoms with E-state index in [4.69, 9.17) is 9.47 Å². The molecule has 0 saturated heterocycles. The Kier molecular flexibility index (Phi) is 5.44. The minimum Gasteiger partial charge on any atom is -0.491 e. The number of rotatable bonds is 7. The summed E-state index contributed by atoms with van der Waals surface area (Å²) < 4.78 is 25.6. The lowest BCUT2D eigenvalue weighted by Gasteiger charge is -2.20. The van der Waals surface area contributed by atoms with E-state index in [1.165, 1.54) is 12.1 Å². The zero-order valence-corrected chi connectivity index (χ0v) is 16.1. The Labute approximate surface area is 167 Å². The van der Waals surface area contributed by atoms with Crippen molar-refractivity contribution < 1.29 is 23.8 Å². The number of halogens is 1. The predicted molar refractivity (Wildman–Crippen MR) is 105 cm³/mol. The molecule has 2 N–H and O–H groups in total. The predicted octanol–water partition coefficient (Wildman–Crippen LogP) is 4.14. The molecule has 1 aliphatic heterocycles. The van der Waals surface area contributed by atoms with E-state index in [1.807, 2.05) is 13.0 Å². The molecule has 0 amide bonds. The lowest BCUT2D eigenvalue weighted by atomic mass is 9.99. The van der Waals surface area contributed by atoms with Crippen LogP contribution in [-0.4, -0.2) is 40.9 Å². The van der Waals surface area contributed by atoms with Gasteiger partial charge in [-0.2, -0.15) is 0 Å². The Morgan fingerprint density at radius 1 is 1.41 bits per heavy atom. The monoisotopic (exact) mass is 399 g/mol. The average Bonchev–Trinajstić information content (AvgIpc) is 3.56. The molecular weight excluding hydrogens is 377 g/mol. The summed E-state index contributed by atoms with van der Waals surface area (Å²) in [5.74, 6) is -0.872. The zero-order valence-electron chi connectivity index (χ0n) is 16.1. The molecule has 2 heterocycles. The van der Waals surface area contributed by atoms with Crippen LogP contribution in [0, 0.1) is 5.82 Å². The molecule has 152 valence electrons. The molecule has 4 rings (SSSR count). The Morgan fingerprint density at radius 2 is 2.24 bits per heavy atom. The first-order valence-electron chi connectivity index (χ1n) is 9.67. The molecule has 0 bridgehead atoms. The highest BCUT2D eigenvalue weighted by molar-refractivity contribution is 5.92. The van der Waals surface area contributed by atoms with Gasteiger partial charge in [-0.1, -0.05) is 6.08 Å². The van der Waals surface area contributed by atoms with Crippen LogP contribution in [0.5, 0.6) is 5.75 Å². The van der Waals surface area contributed by atoms with E-state index in [1.54, 1.807) is 6.20 Å². The lowest BCUT2D eigenvalue weighted by Crippen LogP contribution is -2.11. The highest BCUT2D eigenvalue weighted by atomic mass is 19.1. The van der Waals surface area contributed by atoms with Crippen molar-refractivity contribution in [2.24, 2.45) is 0 Å². The van der Waals surface area contributed by atoms with E-state index in [-0.39, 0.29) is 17.4 Å². The van der Waals surface area contributed by atoms with Crippen LogP contribution in [0.2, 0.25) is 0 Å². The second kappa shape index (κ2) is 8.16. The molecule has 8 heteroatoms. The first-order chi connectivity index (χ1) is 14.1. The van der Waals surface area contributed by atoms with E-state index < -0.39 is 11.8 Å². The molecule has 2 aromatic rings. The number of anilines is 2. The van der Waals surface area contributed by atoms with Gasteiger partial charge in [0.1, 0.15) is 11.6 Å². The topological polar surface area (TPSA) is 93.6 Å². The third kappa shape index (κ3) is 4.22. The third-order valence-electron chi connectivity index (χ3n) is 4.89. The number of nitrogens with zero attached hydrogens (tertiary/aromatic N) is 2. The van der Waals surface area contributed by atoms with Crippen LogP contribution in [0.1, 0.15) is 53.8 Å². The van der Waals surface area contributed by atoms with Crippen LogP contribution >= 0.6 is 0 Å². The molecule has 0 atom stereocenters. The van der Waals surface area contributed by atoms with Crippen LogP contribution in [0.25, 0.3) is 5.57 Å². The second-order valence-electron chi connectivity index (χ2n) is 7.01. The highest BCUT2D eigenvalue weighted by Crippen LogP contribution is 2.41. The van der Waals surface area contributed by atoms with Crippen molar-refractivity contribution in [1.82, 2.24) is 9.97 Å². The maximum atomic E-state index is 14.4. The first-order valence-corrected chi connectivity index (χ1v) is 9.67. The van der Waals surface area contributed by atoms with E-state index in [0.29, 0.717) is 48.9 Å². The number of carboxylic acids is 1. The third-order valence-corrected chi connectivity index (χ3v) is 4.89. The minimum absolute atomic E-state index is 0.0559. The summed E-state index contributed by atoms with van der Waals surface area (Å²) >= 11 is 0. The van der Waals surface area contributed by atoms with Crippen molar-refractivity contribution in [3.05, 3.63) is 47.2 Å². The Morgan fingerprint density at radius 3 is 2.90 bits per heavy atom. The number of hydrogen-bond acceptors (Lipinski definition) is 6. The summed E-state index contributed by atoms with van der Waals surface area (Å²) in [4.78, 5) is 20.2. The maximum Gasteiger partial charge on any atom is 0.358 e. The molecule has 0 spiro atoms. The van der Waals surface area contributed by atoms with Gasteiger partial charge in [0, 0.05) is 17.5 Å². The van der Waals surface area contributed by atoms with Crippen LogP contribution in [0.4, 0.5) is 15.9 Å². The van der Waals surface area contributed by atoms with E-state index in [2.05, 4.69) is 15.3 Å². The van der Waals surface area contributed by atoms with Crippen molar-refractivity contribution in [2.75, 3.05) is 25.1 Å². The molecule has 0 radical (unpaired) electrons. The SMILES string of the molecule is CCOc1c(Nc2ncc(C3CC3)nc2C(=O)O)cc(F)cc1C1=CCOCC1. The van der Waals surface area contributed by atoms with Crippen molar-refractivity contribution in [1.29, 1.82) is 0 Å². The van der Waals surface area contributed by atoms with E-state index in [9.17, 15) is 14.3 Å². The fraction of sp³-hybridized carbons (Fsp3) is 0.381. The number of carboxylic acid groups (broad SMARTS) is 1. The summed E-state index contributed by atoms with van der Waals surface area (Å²) in [5, 5.41) is 12.5. The van der Waals surface area contributed by atoms with Gasteiger partial charge in [-0.05, 0) is 37.8 Å². The van der Waals surface area contributed by atoms with Crippen molar-refractivity contribution in [3.63, 3.8) is 0 Å². The average molecular weight is 399 g/mol. The van der Waals surface area contributed by atoms with Crippen LogP contribution in [-0.2, 0) is 4.74 Å². The number of ether oxygens (including phenoxy) is 2. The van der Waals surface area contributed by atoms with Crippen LogP contribution in [0.15, 0.2) is 24.4 Å². The van der Waals surface area contributed by atoms with Crippen LogP contribution in [0.3, 0.4) is 0 Å². The lowest BCUT2D eigenvalue weighted by molar-refractivity contribution is 0.0691. The normalized spacial score (nSPS) is 16.3. The first kappa shape index (κ1) is 19.3. The van der Waals surface area contributed by atoms with Crippen molar-refractivity contribution in [2.45, 2.75) is 32.1 Å². The van der Waals surface area contributed by atoms with Crippen molar-refractivity contribution in [3.8, 4) is 5.75 Å². The largest absolute Gasteiger partial charge is 0.491 e. The fourth-order valence-electron chi connectivity index (χ4n) is 3.34. The summed E-state index contributed by atoms with van der Waals surface area (Å²) in [7, 11) is 0. The molecule has 2 aliphatic rings. The molecule has 1 fully saturated rings. The summed E-state index contributed by atoms with van der Waals surface area (Å²) in [6, 6.07) is 2.70. The number of hydrogen-bond donors (Lipinski definition) is 2. The summed E-state index contributed by atoms with van der Waals surface area (Å²) in [6.45, 7) is 3.21. The number of nitrogens with one attached hydrogen (secondary N) is 1. The van der Waals surface area contributed by atoms with Gasteiger partial charge < -0.3 is 19.9 Å². The number of aromatic nitrogens is 2. The molecule has 1 aromatic carbocycles. The molecule has 7 nitrogen and oxygen atoms in total. The fourth-order valence-corrected chi connectivity index (χ4v) is 3.34. The second-order valence-corrected chi connectivity index (χ2v) is 7.01. The Hall–Kier alpha value is -3.00. The molecule has 1 aliphatic carbocycles. The number of benzene rings is 1. The van der Waals surface area contributed by atoms with Gasteiger partial charge in [0.25, 0.3) is 0 Å².